The number of nitriles is 1. The molecule has 5 nitrogen and oxygen atoms in total. The summed E-state index contributed by atoms with van der Waals surface area (Å²) >= 11 is 0. The molecule has 3 aromatic rings. The highest BCUT2D eigenvalue weighted by Gasteiger charge is 2.18. The molecule has 0 saturated heterocycles. The van der Waals surface area contributed by atoms with E-state index in [0.717, 1.165) is 5.56 Å². The average molecular weight is 303 g/mol. The Morgan fingerprint density at radius 2 is 1.96 bits per heavy atom. The normalized spacial score (nSPS) is 10.1. The van der Waals surface area contributed by atoms with Crippen LogP contribution in [0.3, 0.4) is 0 Å². The highest BCUT2D eigenvalue weighted by Crippen LogP contribution is 2.22. The highest BCUT2D eigenvalue weighted by molar-refractivity contribution is 6.03. The number of nitrogens with one attached hydrogen (secondary N) is 1. The number of amides is 1. The smallest absolute Gasteiger partial charge is 0.277 e. The lowest BCUT2D eigenvalue weighted by molar-refractivity contribution is 0.102. The number of nitrogens with zero attached hydrogens (tertiary/aromatic N) is 2. The quantitative estimate of drug-likeness (QED) is 0.798. The van der Waals surface area contributed by atoms with Gasteiger partial charge in [0.05, 0.1) is 11.6 Å². The number of anilines is 1. The Morgan fingerprint density at radius 1 is 1.17 bits per heavy atom. The number of hydrogen-bond acceptors (Lipinski definition) is 4. The van der Waals surface area contributed by atoms with Gasteiger partial charge in [-0.1, -0.05) is 24.3 Å². The maximum absolute atomic E-state index is 12.4. The number of benzene rings is 2. The van der Waals surface area contributed by atoms with Gasteiger partial charge in [0.1, 0.15) is 5.76 Å². The molecule has 0 atom stereocenters. The highest BCUT2D eigenvalue weighted by atomic mass is 16.4. The number of oxazole rings is 1. The van der Waals surface area contributed by atoms with Crippen molar-refractivity contribution in [3.8, 4) is 17.5 Å². The molecule has 0 saturated carbocycles. The number of carbonyl (C=O) groups excluding carboxylic acids is 1. The zero-order chi connectivity index (χ0) is 16.2. The van der Waals surface area contributed by atoms with Gasteiger partial charge in [-0.25, -0.2) is 4.98 Å². The molecular formula is C18H13N3O2. The molecule has 5 heteroatoms. The van der Waals surface area contributed by atoms with Crippen molar-refractivity contribution in [2.45, 2.75) is 6.92 Å². The number of rotatable bonds is 3. The minimum absolute atomic E-state index is 0.228. The molecule has 1 heterocycles. The predicted octanol–water partition coefficient (Wildman–Crippen LogP) is 3.77. The van der Waals surface area contributed by atoms with E-state index in [2.05, 4.69) is 10.3 Å². The number of aromatic nitrogens is 1. The molecule has 1 N–H and O–H groups in total. The van der Waals surface area contributed by atoms with Gasteiger partial charge < -0.3 is 9.73 Å². The Hall–Kier alpha value is -3.39. The molecule has 1 aromatic heterocycles. The number of carbonyl (C=O) groups is 1. The van der Waals surface area contributed by atoms with E-state index < -0.39 is 0 Å². The lowest BCUT2D eigenvalue weighted by Crippen LogP contribution is -2.13. The molecule has 1 amide bonds. The van der Waals surface area contributed by atoms with Gasteiger partial charge in [-0.3, -0.25) is 4.79 Å². The molecule has 0 aliphatic carbocycles. The second-order valence-electron chi connectivity index (χ2n) is 4.94. The van der Waals surface area contributed by atoms with Crippen LogP contribution >= 0.6 is 0 Å². The summed E-state index contributed by atoms with van der Waals surface area (Å²) in [5.41, 5.74) is 2.05. The van der Waals surface area contributed by atoms with E-state index >= 15 is 0 Å². The summed E-state index contributed by atoms with van der Waals surface area (Å²) in [5.74, 6) is 0.473. The van der Waals surface area contributed by atoms with Crippen molar-refractivity contribution in [2.75, 3.05) is 5.32 Å². The van der Waals surface area contributed by atoms with E-state index in [0.29, 0.717) is 22.9 Å². The van der Waals surface area contributed by atoms with E-state index in [1.165, 1.54) is 0 Å². The third-order valence-corrected chi connectivity index (χ3v) is 3.28. The van der Waals surface area contributed by atoms with E-state index in [1.54, 1.807) is 31.2 Å². The van der Waals surface area contributed by atoms with Crippen molar-refractivity contribution in [3.05, 3.63) is 71.6 Å². The second kappa shape index (κ2) is 6.16. The predicted molar refractivity (Wildman–Crippen MR) is 85.8 cm³/mol. The molecule has 0 spiro atoms. The van der Waals surface area contributed by atoms with Crippen LogP contribution in [0, 0.1) is 18.3 Å². The van der Waals surface area contributed by atoms with Crippen molar-refractivity contribution < 1.29 is 9.21 Å². The molecule has 0 aliphatic heterocycles. The van der Waals surface area contributed by atoms with Crippen LogP contribution in [-0.2, 0) is 0 Å². The second-order valence-corrected chi connectivity index (χ2v) is 4.94. The Kier molecular flexibility index (Phi) is 3.89. The summed E-state index contributed by atoms with van der Waals surface area (Å²) in [4.78, 5) is 16.6. The van der Waals surface area contributed by atoms with Gasteiger partial charge >= 0.3 is 0 Å². The SMILES string of the molecule is Cc1oc(-c2ccccc2)nc1C(=O)Nc1cccc(C#N)c1. The molecule has 112 valence electrons. The minimum Gasteiger partial charge on any atom is -0.441 e. The third kappa shape index (κ3) is 3.11. The first-order chi connectivity index (χ1) is 11.2. The maximum Gasteiger partial charge on any atom is 0.277 e. The first-order valence-corrected chi connectivity index (χ1v) is 7.02. The Labute approximate surface area is 133 Å². The third-order valence-electron chi connectivity index (χ3n) is 3.28. The summed E-state index contributed by atoms with van der Waals surface area (Å²) in [5, 5.41) is 11.6. The molecule has 0 aliphatic rings. The molecule has 3 rings (SSSR count). The fourth-order valence-corrected chi connectivity index (χ4v) is 2.17. The Morgan fingerprint density at radius 3 is 2.70 bits per heavy atom. The first-order valence-electron chi connectivity index (χ1n) is 7.02. The number of aryl methyl sites for hydroxylation is 1. The average Bonchev–Trinajstić information content (AvgIpc) is 2.98. The zero-order valence-corrected chi connectivity index (χ0v) is 12.4. The van der Waals surface area contributed by atoms with Crippen molar-refractivity contribution in [3.63, 3.8) is 0 Å². The van der Waals surface area contributed by atoms with Crippen LogP contribution in [-0.4, -0.2) is 10.9 Å². The molecule has 0 bridgehead atoms. The minimum atomic E-state index is -0.372. The first kappa shape index (κ1) is 14.5. The number of hydrogen-bond donors (Lipinski definition) is 1. The van der Waals surface area contributed by atoms with Crippen LogP contribution in [0.5, 0.6) is 0 Å². The molecule has 0 radical (unpaired) electrons. The van der Waals surface area contributed by atoms with Crippen molar-refractivity contribution in [2.24, 2.45) is 0 Å². The van der Waals surface area contributed by atoms with Crippen molar-refractivity contribution >= 4 is 11.6 Å². The summed E-state index contributed by atoms with van der Waals surface area (Å²) in [6.07, 6.45) is 0. The van der Waals surface area contributed by atoms with Gasteiger partial charge in [0.2, 0.25) is 5.89 Å². The standard InChI is InChI=1S/C18H13N3O2/c1-12-16(21-18(23-12)14-7-3-2-4-8-14)17(22)20-15-9-5-6-13(10-15)11-19/h2-10H,1H3,(H,20,22). The maximum atomic E-state index is 12.4. The van der Waals surface area contributed by atoms with Crippen LogP contribution in [0.25, 0.3) is 11.5 Å². The van der Waals surface area contributed by atoms with E-state index in [9.17, 15) is 4.79 Å². The van der Waals surface area contributed by atoms with Crippen LogP contribution in [0.4, 0.5) is 5.69 Å². The molecular weight excluding hydrogens is 290 g/mol. The molecule has 0 unspecified atom stereocenters. The molecule has 2 aromatic carbocycles. The van der Waals surface area contributed by atoms with E-state index in [-0.39, 0.29) is 11.6 Å². The van der Waals surface area contributed by atoms with Gasteiger partial charge in [-0.15, -0.1) is 0 Å². The van der Waals surface area contributed by atoms with Crippen molar-refractivity contribution in [1.29, 1.82) is 5.26 Å². The summed E-state index contributed by atoms with van der Waals surface area (Å²) in [6.45, 7) is 1.69. The topological polar surface area (TPSA) is 78.9 Å². The van der Waals surface area contributed by atoms with Gasteiger partial charge in [-0.05, 0) is 37.3 Å². The van der Waals surface area contributed by atoms with E-state index in [4.69, 9.17) is 9.68 Å². The van der Waals surface area contributed by atoms with Gasteiger partial charge in [0.25, 0.3) is 5.91 Å². The largest absolute Gasteiger partial charge is 0.441 e. The summed E-state index contributed by atoms with van der Waals surface area (Å²) in [6, 6.07) is 18.1. The zero-order valence-electron chi connectivity index (χ0n) is 12.4. The van der Waals surface area contributed by atoms with Crippen LogP contribution in [0.1, 0.15) is 21.8 Å². The van der Waals surface area contributed by atoms with Gasteiger partial charge in [0.15, 0.2) is 5.69 Å². The molecule has 0 fully saturated rings. The fraction of sp³-hybridized carbons (Fsp3) is 0.0556. The lowest BCUT2D eigenvalue weighted by Gasteiger charge is -2.03. The fourth-order valence-electron chi connectivity index (χ4n) is 2.17. The van der Waals surface area contributed by atoms with Crippen LogP contribution in [0.2, 0.25) is 0 Å². The Bertz CT molecular complexity index is 892. The summed E-state index contributed by atoms with van der Waals surface area (Å²) < 4.78 is 5.58. The molecule has 23 heavy (non-hydrogen) atoms. The van der Waals surface area contributed by atoms with Crippen LogP contribution < -0.4 is 5.32 Å². The van der Waals surface area contributed by atoms with Gasteiger partial charge in [0, 0.05) is 11.3 Å². The van der Waals surface area contributed by atoms with Crippen LogP contribution in [0.15, 0.2) is 59.0 Å². The van der Waals surface area contributed by atoms with E-state index in [1.807, 2.05) is 36.4 Å². The summed E-state index contributed by atoms with van der Waals surface area (Å²) in [7, 11) is 0. The van der Waals surface area contributed by atoms with Gasteiger partial charge in [-0.2, -0.15) is 5.26 Å². The van der Waals surface area contributed by atoms with Crippen molar-refractivity contribution in [1.82, 2.24) is 4.98 Å². The lowest BCUT2D eigenvalue weighted by atomic mass is 10.2. The Balaban J connectivity index is 1.85. The monoisotopic (exact) mass is 303 g/mol.